The monoisotopic (exact) mass is 365 g/mol. The SMILES string of the molecule is C=C(Cl)CN(c1ccccc1C(=O)O)S(=O)(=O)c1ccc(C)cc1. The number of aryl methyl sites for hydroxylation is 1. The van der Waals surface area contributed by atoms with Gasteiger partial charge in [0.25, 0.3) is 10.0 Å². The number of rotatable bonds is 6. The van der Waals surface area contributed by atoms with Gasteiger partial charge in [-0.1, -0.05) is 48.0 Å². The number of carbonyl (C=O) groups is 1. The first-order valence-corrected chi connectivity index (χ1v) is 8.80. The molecule has 2 aromatic rings. The van der Waals surface area contributed by atoms with E-state index in [1.165, 1.54) is 30.3 Å². The molecule has 1 N–H and O–H groups in total. The van der Waals surface area contributed by atoms with Crippen LogP contribution in [0.1, 0.15) is 15.9 Å². The van der Waals surface area contributed by atoms with E-state index in [2.05, 4.69) is 6.58 Å². The fourth-order valence-corrected chi connectivity index (χ4v) is 3.83. The van der Waals surface area contributed by atoms with E-state index in [1.54, 1.807) is 18.2 Å². The molecule has 0 atom stereocenters. The van der Waals surface area contributed by atoms with Gasteiger partial charge in [0.2, 0.25) is 0 Å². The second-order valence-corrected chi connectivity index (χ2v) is 7.56. The number of carboxylic acids is 1. The molecule has 0 unspecified atom stereocenters. The summed E-state index contributed by atoms with van der Waals surface area (Å²) in [5.74, 6) is -1.23. The van der Waals surface area contributed by atoms with Crippen LogP contribution < -0.4 is 4.31 Å². The summed E-state index contributed by atoms with van der Waals surface area (Å²) in [4.78, 5) is 11.5. The molecule has 0 aliphatic rings. The molecule has 126 valence electrons. The lowest BCUT2D eigenvalue weighted by atomic mass is 10.2. The highest BCUT2D eigenvalue weighted by molar-refractivity contribution is 7.92. The minimum atomic E-state index is -4.00. The van der Waals surface area contributed by atoms with E-state index >= 15 is 0 Å². The Morgan fingerprint density at radius 1 is 1.17 bits per heavy atom. The lowest BCUT2D eigenvalue weighted by molar-refractivity contribution is 0.0698. The minimum absolute atomic E-state index is 0.0346. The van der Waals surface area contributed by atoms with Crippen molar-refractivity contribution in [1.82, 2.24) is 0 Å². The normalized spacial score (nSPS) is 11.1. The molecule has 5 nitrogen and oxygen atoms in total. The van der Waals surface area contributed by atoms with E-state index in [0.29, 0.717) is 0 Å². The van der Waals surface area contributed by atoms with Crippen LogP contribution in [0.25, 0.3) is 0 Å². The van der Waals surface area contributed by atoms with Crippen LogP contribution in [0.4, 0.5) is 5.69 Å². The van der Waals surface area contributed by atoms with Gasteiger partial charge in [0.1, 0.15) is 0 Å². The number of sulfonamides is 1. The number of benzene rings is 2. The van der Waals surface area contributed by atoms with Gasteiger partial charge in [0, 0.05) is 5.03 Å². The molecule has 0 saturated carbocycles. The summed E-state index contributed by atoms with van der Waals surface area (Å²) >= 11 is 5.83. The maximum absolute atomic E-state index is 13.0. The van der Waals surface area contributed by atoms with Crippen LogP contribution in [0.2, 0.25) is 0 Å². The lowest BCUT2D eigenvalue weighted by Crippen LogP contribution is -2.33. The Morgan fingerprint density at radius 2 is 1.75 bits per heavy atom. The lowest BCUT2D eigenvalue weighted by Gasteiger charge is -2.25. The van der Waals surface area contributed by atoms with E-state index in [9.17, 15) is 18.3 Å². The molecule has 0 aromatic heterocycles. The number of nitrogens with zero attached hydrogens (tertiary/aromatic N) is 1. The molecule has 0 fully saturated rings. The van der Waals surface area contributed by atoms with Gasteiger partial charge in [-0.25, -0.2) is 13.2 Å². The summed E-state index contributed by atoms with van der Waals surface area (Å²) in [6, 6.07) is 12.1. The molecule has 0 saturated heterocycles. The molecular formula is C17H16ClNO4S. The molecule has 2 aromatic carbocycles. The summed E-state index contributed by atoms with van der Waals surface area (Å²) in [5.41, 5.74) is 0.812. The Kier molecular flexibility index (Phi) is 5.31. The van der Waals surface area contributed by atoms with Crippen molar-refractivity contribution in [3.63, 3.8) is 0 Å². The van der Waals surface area contributed by atoms with E-state index < -0.39 is 16.0 Å². The van der Waals surface area contributed by atoms with Crippen molar-refractivity contribution >= 4 is 33.3 Å². The maximum atomic E-state index is 13.0. The van der Waals surface area contributed by atoms with Crippen molar-refractivity contribution in [2.24, 2.45) is 0 Å². The van der Waals surface area contributed by atoms with Gasteiger partial charge in [0.15, 0.2) is 0 Å². The third-order valence-electron chi connectivity index (χ3n) is 3.33. The maximum Gasteiger partial charge on any atom is 0.337 e. The fourth-order valence-electron chi connectivity index (χ4n) is 2.16. The van der Waals surface area contributed by atoms with Crippen LogP contribution in [0.15, 0.2) is 65.0 Å². The highest BCUT2D eigenvalue weighted by atomic mass is 35.5. The number of aromatic carboxylic acids is 1. The molecule has 0 amide bonds. The van der Waals surface area contributed by atoms with Gasteiger partial charge >= 0.3 is 5.97 Å². The minimum Gasteiger partial charge on any atom is -0.478 e. The summed E-state index contributed by atoms with van der Waals surface area (Å²) in [6.45, 7) is 5.14. The Labute approximate surface area is 145 Å². The van der Waals surface area contributed by atoms with Crippen molar-refractivity contribution in [1.29, 1.82) is 0 Å². The molecule has 0 radical (unpaired) electrons. The average Bonchev–Trinajstić information content (AvgIpc) is 2.52. The molecule has 0 spiro atoms. The largest absolute Gasteiger partial charge is 0.478 e. The first-order valence-electron chi connectivity index (χ1n) is 6.98. The van der Waals surface area contributed by atoms with Crippen LogP contribution in [0.3, 0.4) is 0 Å². The Hall–Kier alpha value is -2.31. The summed E-state index contributed by atoms with van der Waals surface area (Å²) < 4.78 is 26.9. The molecule has 2 rings (SSSR count). The van der Waals surface area contributed by atoms with Crippen LogP contribution in [-0.4, -0.2) is 26.0 Å². The van der Waals surface area contributed by atoms with Crippen LogP contribution in [0.5, 0.6) is 0 Å². The predicted molar refractivity (Wildman–Crippen MR) is 94.1 cm³/mol. The summed E-state index contributed by atoms with van der Waals surface area (Å²) in [6.07, 6.45) is 0. The van der Waals surface area contributed by atoms with Gasteiger partial charge in [0.05, 0.1) is 22.7 Å². The first kappa shape index (κ1) is 18.0. The first-order chi connectivity index (χ1) is 11.2. The summed E-state index contributed by atoms with van der Waals surface area (Å²) in [7, 11) is -4.00. The van der Waals surface area contributed by atoms with Crippen molar-refractivity contribution in [3.05, 3.63) is 71.3 Å². The number of hydrogen-bond acceptors (Lipinski definition) is 3. The van der Waals surface area contributed by atoms with Crippen molar-refractivity contribution in [3.8, 4) is 0 Å². The van der Waals surface area contributed by atoms with E-state index in [1.807, 2.05) is 6.92 Å². The topological polar surface area (TPSA) is 74.7 Å². The molecule has 0 heterocycles. The van der Waals surface area contributed by atoms with Gasteiger partial charge in [-0.2, -0.15) is 0 Å². The molecule has 0 aliphatic heterocycles. The standard InChI is InChI=1S/C17H16ClNO4S/c1-12-7-9-14(10-8-12)24(22,23)19(11-13(2)18)16-6-4-3-5-15(16)17(20)21/h3-10H,2,11H2,1H3,(H,20,21). The Bertz CT molecular complexity index is 876. The van der Waals surface area contributed by atoms with Gasteiger partial charge in [-0.3, -0.25) is 4.31 Å². The highest BCUT2D eigenvalue weighted by Gasteiger charge is 2.28. The zero-order valence-electron chi connectivity index (χ0n) is 12.9. The number of carboxylic acid groups (broad SMARTS) is 1. The molecule has 24 heavy (non-hydrogen) atoms. The van der Waals surface area contributed by atoms with E-state index in [4.69, 9.17) is 11.6 Å². The van der Waals surface area contributed by atoms with Crippen molar-refractivity contribution in [2.45, 2.75) is 11.8 Å². The van der Waals surface area contributed by atoms with Gasteiger partial charge in [-0.05, 0) is 31.2 Å². The quantitative estimate of drug-likeness (QED) is 0.848. The molecule has 0 aliphatic carbocycles. The third-order valence-corrected chi connectivity index (χ3v) is 5.22. The molecule has 7 heteroatoms. The van der Waals surface area contributed by atoms with Crippen LogP contribution >= 0.6 is 11.6 Å². The highest BCUT2D eigenvalue weighted by Crippen LogP contribution is 2.28. The second kappa shape index (κ2) is 7.07. The van der Waals surface area contributed by atoms with Crippen molar-refractivity contribution < 1.29 is 18.3 Å². The number of halogens is 1. The third kappa shape index (κ3) is 3.77. The average molecular weight is 366 g/mol. The summed E-state index contributed by atoms with van der Waals surface area (Å²) in [5, 5.41) is 9.42. The predicted octanol–water partition coefficient (Wildman–Crippen LogP) is 3.64. The zero-order chi connectivity index (χ0) is 17.9. The number of anilines is 1. The van der Waals surface area contributed by atoms with Crippen LogP contribution in [0, 0.1) is 6.92 Å². The smallest absolute Gasteiger partial charge is 0.337 e. The van der Waals surface area contributed by atoms with Gasteiger partial charge < -0.3 is 5.11 Å². The van der Waals surface area contributed by atoms with E-state index in [0.717, 1.165) is 9.87 Å². The second-order valence-electron chi connectivity index (χ2n) is 5.16. The zero-order valence-corrected chi connectivity index (χ0v) is 14.5. The molecule has 0 bridgehead atoms. The fraction of sp³-hybridized carbons (Fsp3) is 0.118. The Morgan fingerprint density at radius 3 is 2.29 bits per heavy atom. The van der Waals surface area contributed by atoms with Crippen LogP contribution in [-0.2, 0) is 10.0 Å². The number of hydrogen-bond donors (Lipinski definition) is 1. The Balaban J connectivity index is 2.63. The molecular weight excluding hydrogens is 350 g/mol. The number of para-hydroxylation sites is 1. The van der Waals surface area contributed by atoms with E-state index in [-0.39, 0.29) is 27.7 Å². The van der Waals surface area contributed by atoms with Gasteiger partial charge in [-0.15, -0.1) is 0 Å². The van der Waals surface area contributed by atoms with Crippen molar-refractivity contribution in [2.75, 3.05) is 10.8 Å².